The lowest BCUT2D eigenvalue weighted by Crippen LogP contribution is -2.32. The fourth-order valence-corrected chi connectivity index (χ4v) is 4.58. The van der Waals surface area contributed by atoms with Gasteiger partial charge < -0.3 is 18.9 Å². The summed E-state index contributed by atoms with van der Waals surface area (Å²) in [6, 6.07) is 18.5. The molecule has 4 rings (SSSR count). The SMILES string of the molecule is COc1ccccc1OCCN1C(=O)S/C(=C\c2cccc(OC)c2OC(=O)c2ccccc2Cl)C1=O. The number of amides is 2. The van der Waals surface area contributed by atoms with Gasteiger partial charge in [0.15, 0.2) is 23.0 Å². The maximum Gasteiger partial charge on any atom is 0.345 e. The lowest BCUT2D eigenvalue weighted by atomic mass is 10.1. The summed E-state index contributed by atoms with van der Waals surface area (Å²) in [5.41, 5.74) is 0.562. The molecule has 8 nitrogen and oxygen atoms in total. The van der Waals surface area contributed by atoms with E-state index < -0.39 is 17.1 Å². The van der Waals surface area contributed by atoms with Crippen molar-refractivity contribution in [2.75, 3.05) is 27.4 Å². The van der Waals surface area contributed by atoms with Gasteiger partial charge in [-0.15, -0.1) is 0 Å². The Bertz CT molecular complexity index is 1370. The van der Waals surface area contributed by atoms with Crippen molar-refractivity contribution in [2.45, 2.75) is 0 Å². The molecule has 1 fully saturated rings. The Morgan fingerprint density at radius 2 is 1.59 bits per heavy atom. The van der Waals surface area contributed by atoms with E-state index >= 15 is 0 Å². The van der Waals surface area contributed by atoms with Crippen LogP contribution in [-0.4, -0.2) is 49.4 Å². The summed E-state index contributed by atoms with van der Waals surface area (Å²) in [5.74, 6) is 0.262. The van der Waals surface area contributed by atoms with Crippen molar-refractivity contribution < 1.29 is 33.3 Å². The predicted octanol–water partition coefficient (Wildman–Crippen LogP) is 5.69. The van der Waals surface area contributed by atoms with Gasteiger partial charge in [0.25, 0.3) is 11.1 Å². The molecule has 37 heavy (non-hydrogen) atoms. The molecule has 1 aliphatic rings. The molecule has 0 unspecified atom stereocenters. The Labute approximate surface area is 222 Å². The van der Waals surface area contributed by atoms with Crippen LogP contribution in [0.5, 0.6) is 23.0 Å². The van der Waals surface area contributed by atoms with Crippen LogP contribution in [0.25, 0.3) is 6.08 Å². The Morgan fingerprint density at radius 1 is 0.919 bits per heavy atom. The molecule has 0 saturated carbocycles. The van der Waals surface area contributed by atoms with E-state index in [4.69, 9.17) is 30.5 Å². The van der Waals surface area contributed by atoms with Crippen LogP contribution < -0.4 is 18.9 Å². The second-order valence-electron chi connectivity index (χ2n) is 7.58. The minimum absolute atomic E-state index is 0.0481. The molecule has 3 aromatic rings. The molecule has 0 aromatic heterocycles. The number of thioether (sulfide) groups is 1. The summed E-state index contributed by atoms with van der Waals surface area (Å²) in [5, 5.41) is -0.196. The molecular formula is C27H22ClNO7S. The van der Waals surface area contributed by atoms with Crippen LogP contribution in [0.1, 0.15) is 15.9 Å². The summed E-state index contributed by atoms with van der Waals surface area (Å²) in [7, 11) is 2.96. The third-order valence-electron chi connectivity index (χ3n) is 5.32. The van der Waals surface area contributed by atoms with Crippen molar-refractivity contribution >= 4 is 46.6 Å². The van der Waals surface area contributed by atoms with Crippen molar-refractivity contribution in [3.05, 3.63) is 87.8 Å². The van der Waals surface area contributed by atoms with Crippen LogP contribution in [-0.2, 0) is 4.79 Å². The summed E-state index contributed by atoms with van der Waals surface area (Å²) >= 11 is 6.92. The molecule has 190 valence electrons. The van der Waals surface area contributed by atoms with Gasteiger partial charge in [-0.3, -0.25) is 14.5 Å². The smallest absolute Gasteiger partial charge is 0.345 e. The molecule has 0 N–H and O–H groups in total. The van der Waals surface area contributed by atoms with Gasteiger partial charge in [-0.2, -0.15) is 0 Å². The number of methoxy groups -OCH3 is 2. The van der Waals surface area contributed by atoms with Crippen molar-refractivity contribution in [1.82, 2.24) is 4.90 Å². The average Bonchev–Trinajstić information content (AvgIpc) is 3.17. The number of imide groups is 1. The number of rotatable bonds is 9. The van der Waals surface area contributed by atoms with Gasteiger partial charge in [0, 0.05) is 5.56 Å². The zero-order valence-corrected chi connectivity index (χ0v) is 21.5. The normalized spacial score (nSPS) is 14.1. The molecule has 10 heteroatoms. The maximum atomic E-state index is 13.0. The highest BCUT2D eigenvalue weighted by molar-refractivity contribution is 8.18. The predicted molar refractivity (Wildman–Crippen MR) is 141 cm³/mol. The lowest BCUT2D eigenvalue weighted by Gasteiger charge is -2.15. The van der Waals surface area contributed by atoms with Crippen LogP contribution in [0.3, 0.4) is 0 Å². The van der Waals surface area contributed by atoms with Crippen LogP contribution in [0.15, 0.2) is 71.6 Å². The zero-order valence-electron chi connectivity index (χ0n) is 19.9. The number of nitrogens with zero attached hydrogens (tertiary/aromatic N) is 1. The highest BCUT2D eigenvalue weighted by Crippen LogP contribution is 2.38. The Balaban J connectivity index is 1.52. The molecule has 0 radical (unpaired) electrons. The maximum absolute atomic E-state index is 13.0. The number of carbonyl (C=O) groups is 3. The molecule has 0 aliphatic carbocycles. The first-order valence-corrected chi connectivity index (χ1v) is 12.3. The minimum Gasteiger partial charge on any atom is -0.493 e. The van der Waals surface area contributed by atoms with Crippen LogP contribution in [0.4, 0.5) is 4.79 Å². The first-order valence-electron chi connectivity index (χ1n) is 11.1. The quantitative estimate of drug-likeness (QED) is 0.194. The van der Waals surface area contributed by atoms with Gasteiger partial charge in [0.1, 0.15) is 6.61 Å². The van der Waals surface area contributed by atoms with E-state index in [-0.39, 0.29) is 40.1 Å². The molecule has 3 aromatic carbocycles. The summed E-state index contributed by atoms with van der Waals surface area (Å²) in [6.07, 6.45) is 1.49. The Morgan fingerprint density at radius 3 is 2.32 bits per heavy atom. The fourth-order valence-electron chi connectivity index (χ4n) is 3.51. The van der Waals surface area contributed by atoms with Gasteiger partial charge in [0.05, 0.1) is 36.3 Å². The number of carbonyl (C=O) groups excluding carboxylic acids is 3. The highest BCUT2D eigenvalue weighted by atomic mass is 35.5. The molecule has 0 spiro atoms. The molecule has 1 aliphatic heterocycles. The number of ether oxygens (including phenoxy) is 4. The summed E-state index contributed by atoms with van der Waals surface area (Å²) in [6.45, 7) is 0.137. The van der Waals surface area contributed by atoms with E-state index in [1.54, 1.807) is 54.6 Å². The van der Waals surface area contributed by atoms with Crippen LogP contribution >= 0.6 is 23.4 Å². The summed E-state index contributed by atoms with van der Waals surface area (Å²) < 4.78 is 21.9. The number of benzene rings is 3. The number of esters is 1. The summed E-state index contributed by atoms with van der Waals surface area (Å²) in [4.78, 5) is 39.7. The largest absolute Gasteiger partial charge is 0.493 e. The molecule has 0 bridgehead atoms. The average molecular weight is 540 g/mol. The number of hydrogen-bond acceptors (Lipinski definition) is 8. The van der Waals surface area contributed by atoms with Gasteiger partial charge in [0.2, 0.25) is 0 Å². The highest BCUT2D eigenvalue weighted by Gasteiger charge is 2.35. The van der Waals surface area contributed by atoms with Gasteiger partial charge in [-0.05, 0) is 48.2 Å². The van der Waals surface area contributed by atoms with Crippen LogP contribution in [0.2, 0.25) is 5.02 Å². The Kier molecular flexibility index (Phi) is 8.37. The lowest BCUT2D eigenvalue weighted by molar-refractivity contribution is -0.123. The monoisotopic (exact) mass is 539 g/mol. The molecule has 1 saturated heterocycles. The number of halogens is 1. The standard InChI is InChI=1S/C27H22ClNO7S/c1-33-20-11-5-6-12-21(20)35-15-14-29-25(30)23(37-27(29)32)16-17-8-7-13-22(34-2)24(17)36-26(31)18-9-3-4-10-19(18)28/h3-13,16H,14-15H2,1-2H3/b23-16-. The van der Waals surface area contributed by atoms with Gasteiger partial charge in [-0.25, -0.2) is 4.79 Å². The second-order valence-corrected chi connectivity index (χ2v) is 8.98. The zero-order chi connectivity index (χ0) is 26.4. The fraction of sp³-hybridized carbons (Fsp3) is 0.148. The molecule has 2 amide bonds. The Hall–Kier alpha value is -3.95. The van der Waals surface area contributed by atoms with Gasteiger partial charge in [-0.1, -0.05) is 48.0 Å². The third kappa shape index (κ3) is 5.90. The number of para-hydroxylation sites is 3. The first kappa shape index (κ1) is 26.1. The van der Waals surface area contributed by atoms with Gasteiger partial charge >= 0.3 is 5.97 Å². The first-order chi connectivity index (χ1) is 17.9. The van der Waals surface area contributed by atoms with Crippen LogP contribution in [0, 0.1) is 0 Å². The topological polar surface area (TPSA) is 91.4 Å². The number of hydrogen-bond donors (Lipinski definition) is 0. The van der Waals surface area contributed by atoms with Crippen molar-refractivity contribution in [3.8, 4) is 23.0 Å². The molecule has 0 atom stereocenters. The second kappa shape index (κ2) is 11.9. The van der Waals surface area contributed by atoms with E-state index in [9.17, 15) is 14.4 Å². The molecule has 1 heterocycles. The third-order valence-corrected chi connectivity index (χ3v) is 6.56. The van der Waals surface area contributed by atoms with E-state index in [1.165, 1.54) is 26.4 Å². The van der Waals surface area contributed by atoms with E-state index in [0.717, 1.165) is 16.7 Å². The van der Waals surface area contributed by atoms with E-state index in [1.807, 2.05) is 6.07 Å². The van der Waals surface area contributed by atoms with E-state index in [2.05, 4.69) is 0 Å². The van der Waals surface area contributed by atoms with E-state index in [0.29, 0.717) is 17.1 Å². The van der Waals surface area contributed by atoms with Crippen molar-refractivity contribution in [2.24, 2.45) is 0 Å². The minimum atomic E-state index is -0.689. The van der Waals surface area contributed by atoms with Crippen molar-refractivity contribution in [3.63, 3.8) is 0 Å². The van der Waals surface area contributed by atoms with Crippen molar-refractivity contribution in [1.29, 1.82) is 0 Å². The molecular weight excluding hydrogens is 518 g/mol.